The second-order valence-corrected chi connectivity index (χ2v) is 5.48. The third kappa shape index (κ3) is 2.79. The van der Waals surface area contributed by atoms with E-state index in [4.69, 9.17) is 5.73 Å². The molecule has 2 N–H and O–H groups in total. The summed E-state index contributed by atoms with van der Waals surface area (Å²) in [5.74, 6) is 0. The predicted octanol–water partition coefficient (Wildman–Crippen LogP) is 3.14. The first-order valence-corrected chi connectivity index (χ1v) is 6.86. The van der Waals surface area contributed by atoms with Crippen LogP contribution in [0.2, 0.25) is 0 Å². The van der Waals surface area contributed by atoms with Gasteiger partial charge in [0.2, 0.25) is 0 Å². The molecule has 2 nitrogen and oxygen atoms in total. The Morgan fingerprint density at radius 2 is 1.89 bits per heavy atom. The summed E-state index contributed by atoms with van der Waals surface area (Å²) in [7, 11) is 0. The van der Waals surface area contributed by atoms with Gasteiger partial charge in [0, 0.05) is 25.3 Å². The lowest BCUT2D eigenvalue weighted by molar-refractivity contribution is 0.288. The fraction of sp³-hybridized carbons (Fsp3) is 0.294. The largest absolute Gasteiger partial charge is 0.399 e. The molecule has 0 saturated carbocycles. The van der Waals surface area contributed by atoms with Gasteiger partial charge in [0.1, 0.15) is 0 Å². The van der Waals surface area contributed by atoms with Gasteiger partial charge < -0.3 is 5.73 Å². The third-order valence-corrected chi connectivity index (χ3v) is 3.82. The van der Waals surface area contributed by atoms with Gasteiger partial charge in [-0.2, -0.15) is 0 Å². The maximum absolute atomic E-state index is 5.84. The molecule has 19 heavy (non-hydrogen) atoms. The number of rotatable bonds is 3. The van der Waals surface area contributed by atoms with Gasteiger partial charge in [-0.05, 0) is 42.2 Å². The fourth-order valence-electron chi connectivity index (χ4n) is 2.80. The van der Waals surface area contributed by atoms with Crippen LogP contribution in [-0.2, 0) is 19.5 Å². The first kappa shape index (κ1) is 12.2. The first-order chi connectivity index (χ1) is 9.20. The van der Waals surface area contributed by atoms with Crippen molar-refractivity contribution in [2.24, 2.45) is 0 Å². The smallest absolute Gasteiger partial charge is 0.0317 e. The van der Waals surface area contributed by atoms with Crippen LogP contribution in [0, 0.1) is 6.92 Å². The minimum absolute atomic E-state index is 0.874. The maximum atomic E-state index is 5.84. The van der Waals surface area contributed by atoms with E-state index in [1.165, 1.54) is 22.3 Å². The molecule has 0 saturated heterocycles. The first-order valence-electron chi connectivity index (χ1n) is 6.86. The molecule has 0 radical (unpaired) electrons. The summed E-state index contributed by atoms with van der Waals surface area (Å²) in [6.45, 7) is 5.35. The number of hydrogen-bond donors (Lipinski definition) is 1. The van der Waals surface area contributed by atoms with Crippen molar-refractivity contribution in [2.45, 2.75) is 26.4 Å². The minimum Gasteiger partial charge on any atom is -0.399 e. The number of nitrogens with zero attached hydrogens (tertiary/aromatic N) is 1. The number of fused-ring (bicyclic) bond motifs is 1. The molecule has 2 heteroatoms. The highest BCUT2D eigenvalue weighted by atomic mass is 15.1. The topological polar surface area (TPSA) is 29.3 Å². The van der Waals surface area contributed by atoms with Crippen LogP contribution in [0.4, 0.5) is 5.69 Å². The Bertz CT molecular complexity index is 590. The quantitative estimate of drug-likeness (QED) is 0.850. The number of benzene rings is 2. The van der Waals surface area contributed by atoms with E-state index in [-0.39, 0.29) is 0 Å². The van der Waals surface area contributed by atoms with E-state index in [2.05, 4.69) is 48.2 Å². The highest BCUT2D eigenvalue weighted by molar-refractivity contribution is 5.46. The minimum atomic E-state index is 0.874. The Morgan fingerprint density at radius 1 is 1.05 bits per heavy atom. The zero-order valence-electron chi connectivity index (χ0n) is 11.4. The molecule has 0 bridgehead atoms. The van der Waals surface area contributed by atoms with E-state index in [1.807, 2.05) is 6.07 Å². The van der Waals surface area contributed by atoms with Crippen LogP contribution in [0.1, 0.15) is 22.3 Å². The summed E-state index contributed by atoms with van der Waals surface area (Å²) in [6.07, 6.45) is 1.12. The van der Waals surface area contributed by atoms with E-state index in [1.54, 1.807) is 0 Å². The monoisotopic (exact) mass is 252 g/mol. The average molecular weight is 252 g/mol. The molecule has 0 unspecified atom stereocenters. The normalized spacial score (nSPS) is 14.6. The lowest BCUT2D eigenvalue weighted by Crippen LogP contribution is -2.19. The SMILES string of the molecule is Cc1cccc(CCN2Cc3ccc(N)cc3C2)c1. The summed E-state index contributed by atoms with van der Waals surface area (Å²) in [5.41, 5.74) is 12.3. The molecule has 2 aromatic rings. The standard InChI is InChI=1S/C17H20N2/c1-13-3-2-4-14(9-13)7-8-19-11-15-5-6-17(18)10-16(15)12-19/h2-6,9-10H,7-8,11-12,18H2,1H3. The van der Waals surface area contributed by atoms with Crippen LogP contribution in [-0.4, -0.2) is 11.4 Å². The maximum Gasteiger partial charge on any atom is 0.0317 e. The number of anilines is 1. The molecule has 0 spiro atoms. The fourth-order valence-corrected chi connectivity index (χ4v) is 2.80. The Balaban J connectivity index is 1.62. The third-order valence-electron chi connectivity index (χ3n) is 3.82. The van der Waals surface area contributed by atoms with Gasteiger partial charge in [-0.3, -0.25) is 4.90 Å². The van der Waals surface area contributed by atoms with Crippen molar-refractivity contribution in [1.29, 1.82) is 0 Å². The Labute approximate surface area is 114 Å². The number of hydrogen-bond acceptors (Lipinski definition) is 2. The van der Waals surface area contributed by atoms with E-state index in [0.717, 1.165) is 31.7 Å². The van der Waals surface area contributed by atoms with Crippen molar-refractivity contribution in [3.8, 4) is 0 Å². The van der Waals surface area contributed by atoms with Crippen molar-refractivity contribution in [3.05, 3.63) is 64.7 Å². The lowest BCUT2D eigenvalue weighted by Gasteiger charge is -2.14. The van der Waals surface area contributed by atoms with Crippen LogP contribution < -0.4 is 5.73 Å². The predicted molar refractivity (Wildman–Crippen MR) is 79.9 cm³/mol. The van der Waals surface area contributed by atoms with E-state index in [9.17, 15) is 0 Å². The van der Waals surface area contributed by atoms with Crippen LogP contribution in [0.15, 0.2) is 42.5 Å². The second-order valence-electron chi connectivity index (χ2n) is 5.48. The zero-order valence-corrected chi connectivity index (χ0v) is 11.4. The van der Waals surface area contributed by atoms with E-state index in [0.29, 0.717) is 0 Å². The van der Waals surface area contributed by atoms with Gasteiger partial charge in [-0.1, -0.05) is 35.9 Å². The van der Waals surface area contributed by atoms with Gasteiger partial charge in [0.15, 0.2) is 0 Å². The van der Waals surface area contributed by atoms with Gasteiger partial charge in [0.25, 0.3) is 0 Å². The Kier molecular flexibility index (Phi) is 3.26. The summed E-state index contributed by atoms with van der Waals surface area (Å²) >= 11 is 0. The molecule has 0 aliphatic carbocycles. The molecule has 3 rings (SSSR count). The molecule has 0 aromatic heterocycles. The van der Waals surface area contributed by atoms with Crippen molar-refractivity contribution in [3.63, 3.8) is 0 Å². The average Bonchev–Trinajstić information content (AvgIpc) is 2.78. The Hall–Kier alpha value is -1.80. The van der Waals surface area contributed by atoms with E-state index < -0.39 is 0 Å². The van der Waals surface area contributed by atoms with Crippen molar-refractivity contribution >= 4 is 5.69 Å². The molecule has 1 aliphatic rings. The van der Waals surface area contributed by atoms with Crippen LogP contribution in [0.5, 0.6) is 0 Å². The highest BCUT2D eigenvalue weighted by Gasteiger charge is 2.18. The molecule has 0 atom stereocenters. The van der Waals surface area contributed by atoms with Crippen molar-refractivity contribution in [2.75, 3.05) is 12.3 Å². The zero-order chi connectivity index (χ0) is 13.2. The molecule has 0 amide bonds. The molecule has 98 valence electrons. The van der Waals surface area contributed by atoms with Crippen LogP contribution in [0.25, 0.3) is 0 Å². The molecule has 2 aromatic carbocycles. The van der Waals surface area contributed by atoms with Gasteiger partial charge in [0.05, 0.1) is 0 Å². The van der Waals surface area contributed by atoms with Gasteiger partial charge in [-0.25, -0.2) is 0 Å². The van der Waals surface area contributed by atoms with Crippen molar-refractivity contribution in [1.82, 2.24) is 4.90 Å². The summed E-state index contributed by atoms with van der Waals surface area (Å²) in [5, 5.41) is 0. The number of nitrogens with two attached hydrogens (primary N) is 1. The summed E-state index contributed by atoms with van der Waals surface area (Å²) in [6, 6.07) is 15.1. The second kappa shape index (κ2) is 5.06. The van der Waals surface area contributed by atoms with E-state index >= 15 is 0 Å². The van der Waals surface area contributed by atoms with Gasteiger partial charge >= 0.3 is 0 Å². The van der Waals surface area contributed by atoms with Crippen LogP contribution in [0.3, 0.4) is 0 Å². The molecule has 1 heterocycles. The van der Waals surface area contributed by atoms with Gasteiger partial charge in [-0.15, -0.1) is 0 Å². The molecule has 0 fully saturated rings. The molecular weight excluding hydrogens is 232 g/mol. The lowest BCUT2D eigenvalue weighted by atomic mass is 10.1. The van der Waals surface area contributed by atoms with Crippen LogP contribution >= 0.6 is 0 Å². The van der Waals surface area contributed by atoms with Crippen molar-refractivity contribution < 1.29 is 0 Å². The summed E-state index contributed by atoms with van der Waals surface area (Å²) in [4.78, 5) is 2.49. The number of aryl methyl sites for hydroxylation is 1. The number of nitrogen functional groups attached to an aromatic ring is 1. The Morgan fingerprint density at radius 3 is 2.74 bits per heavy atom. The summed E-state index contributed by atoms with van der Waals surface area (Å²) < 4.78 is 0. The highest BCUT2D eigenvalue weighted by Crippen LogP contribution is 2.24. The molecular formula is C17H20N2. The molecule has 1 aliphatic heterocycles.